The molecule has 1 aliphatic rings. The lowest BCUT2D eigenvalue weighted by Gasteiger charge is -2.24. The maximum Gasteiger partial charge on any atom is 0.118 e. The molecule has 0 fully saturated rings. The van der Waals surface area contributed by atoms with Crippen LogP contribution in [0.25, 0.3) is 0 Å². The molecule has 1 aromatic carbocycles. The highest BCUT2D eigenvalue weighted by Gasteiger charge is 2.38. The summed E-state index contributed by atoms with van der Waals surface area (Å²) in [6, 6.07) is 11.4. The third-order valence-electron chi connectivity index (χ3n) is 3.63. The minimum atomic E-state index is -0.907. The average molecular weight is 241 g/mol. The molecule has 0 amide bonds. The molecule has 3 rings (SSSR count). The summed E-state index contributed by atoms with van der Waals surface area (Å²) in [6.45, 7) is 0. The molecule has 1 N–H and O–H groups in total. The first-order chi connectivity index (χ1) is 8.74. The van der Waals surface area contributed by atoms with E-state index in [-0.39, 0.29) is 0 Å². The highest BCUT2D eigenvalue weighted by atomic mass is 16.5. The number of aliphatic hydroxyl groups is 1. The molecule has 1 atom stereocenters. The summed E-state index contributed by atoms with van der Waals surface area (Å²) in [5.41, 5.74) is 1.91. The summed E-state index contributed by atoms with van der Waals surface area (Å²) < 4.78 is 5.14. The second kappa shape index (κ2) is 4.10. The van der Waals surface area contributed by atoms with E-state index in [1.165, 1.54) is 0 Å². The topological polar surface area (TPSA) is 42.4 Å². The lowest BCUT2D eigenvalue weighted by Crippen LogP contribution is -2.23. The van der Waals surface area contributed by atoms with Crippen molar-refractivity contribution in [3.63, 3.8) is 0 Å². The van der Waals surface area contributed by atoms with Gasteiger partial charge < -0.3 is 9.84 Å². The predicted molar refractivity (Wildman–Crippen MR) is 68.6 cm³/mol. The number of aryl methyl sites for hydroxylation is 1. The van der Waals surface area contributed by atoms with Gasteiger partial charge in [-0.3, -0.25) is 4.98 Å². The van der Waals surface area contributed by atoms with Gasteiger partial charge in [0, 0.05) is 17.5 Å². The zero-order valence-electron chi connectivity index (χ0n) is 10.3. The smallest absolute Gasteiger partial charge is 0.118 e. The second-order valence-electron chi connectivity index (χ2n) is 4.59. The summed E-state index contributed by atoms with van der Waals surface area (Å²) in [5, 5.41) is 10.9. The van der Waals surface area contributed by atoms with E-state index in [0.29, 0.717) is 6.42 Å². The number of benzene rings is 1. The maximum atomic E-state index is 10.9. The molecule has 2 aromatic rings. The van der Waals surface area contributed by atoms with Crippen LogP contribution in [0.1, 0.15) is 23.2 Å². The largest absolute Gasteiger partial charge is 0.497 e. The fourth-order valence-electron chi connectivity index (χ4n) is 2.61. The predicted octanol–water partition coefficient (Wildman–Crippen LogP) is 2.27. The molecule has 92 valence electrons. The van der Waals surface area contributed by atoms with E-state index in [1.54, 1.807) is 13.3 Å². The molecule has 1 aliphatic carbocycles. The van der Waals surface area contributed by atoms with Crippen LogP contribution in [0, 0.1) is 0 Å². The molecule has 0 unspecified atom stereocenters. The fraction of sp³-hybridized carbons (Fsp3) is 0.267. The Morgan fingerprint density at radius 3 is 2.72 bits per heavy atom. The van der Waals surface area contributed by atoms with Crippen LogP contribution in [0.5, 0.6) is 5.75 Å². The van der Waals surface area contributed by atoms with Crippen molar-refractivity contribution in [2.45, 2.75) is 18.4 Å². The van der Waals surface area contributed by atoms with Gasteiger partial charge in [0.1, 0.15) is 11.4 Å². The highest BCUT2D eigenvalue weighted by molar-refractivity contribution is 5.43. The molecule has 0 saturated heterocycles. The van der Waals surface area contributed by atoms with E-state index >= 15 is 0 Å². The molecule has 0 saturated carbocycles. The first kappa shape index (κ1) is 11.2. The van der Waals surface area contributed by atoms with E-state index < -0.39 is 5.60 Å². The Hall–Kier alpha value is -1.87. The van der Waals surface area contributed by atoms with Gasteiger partial charge in [0.25, 0.3) is 0 Å². The monoisotopic (exact) mass is 241 g/mol. The molecule has 3 nitrogen and oxygen atoms in total. The van der Waals surface area contributed by atoms with Gasteiger partial charge in [-0.05, 0) is 36.6 Å². The van der Waals surface area contributed by atoms with Crippen molar-refractivity contribution < 1.29 is 9.84 Å². The number of fused-ring (bicyclic) bond motifs is 1. The Balaban J connectivity index is 2.05. The van der Waals surface area contributed by atoms with Gasteiger partial charge in [-0.25, -0.2) is 0 Å². The summed E-state index contributed by atoms with van der Waals surface area (Å²) in [5.74, 6) is 0.798. The Morgan fingerprint density at radius 2 is 2.00 bits per heavy atom. The third kappa shape index (κ3) is 1.59. The Bertz CT molecular complexity index is 565. The van der Waals surface area contributed by atoms with Gasteiger partial charge in [-0.15, -0.1) is 0 Å². The van der Waals surface area contributed by atoms with Gasteiger partial charge in [-0.2, -0.15) is 0 Å². The number of aromatic nitrogens is 1. The number of rotatable bonds is 2. The summed E-state index contributed by atoms with van der Waals surface area (Å²) in [4.78, 5) is 4.33. The summed E-state index contributed by atoms with van der Waals surface area (Å²) >= 11 is 0. The standard InChI is InChI=1S/C15H15NO2/c1-18-12-6-4-11(5-7-12)15(17)9-8-14-13(15)3-2-10-16-14/h2-7,10,17H,8-9H2,1H3/t15-/m1/s1. The zero-order valence-corrected chi connectivity index (χ0v) is 10.3. The van der Waals surface area contributed by atoms with Crippen LogP contribution in [0.4, 0.5) is 0 Å². The Labute approximate surface area is 106 Å². The average Bonchev–Trinajstić information content (AvgIpc) is 2.78. The number of pyridine rings is 1. The van der Waals surface area contributed by atoms with Crippen molar-refractivity contribution in [3.05, 3.63) is 59.4 Å². The molecule has 1 aromatic heterocycles. The maximum absolute atomic E-state index is 10.9. The van der Waals surface area contributed by atoms with Crippen LogP contribution in [0.15, 0.2) is 42.6 Å². The minimum absolute atomic E-state index is 0.686. The summed E-state index contributed by atoms with van der Waals surface area (Å²) in [6.07, 6.45) is 3.28. The fourth-order valence-corrected chi connectivity index (χ4v) is 2.61. The van der Waals surface area contributed by atoms with Gasteiger partial charge >= 0.3 is 0 Å². The molecule has 0 spiro atoms. The number of nitrogens with zero attached hydrogens (tertiary/aromatic N) is 1. The van der Waals surface area contributed by atoms with Gasteiger partial charge in [0.15, 0.2) is 0 Å². The lowest BCUT2D eigenvalue weighted by molar-refractivity contribution is 0.0829. The van der Waals surface area contributed by atoms with Crippen molar-refractivity contribution in [2.24, 2.45) is 0 Å². The molecular weight excluding hydrogens is 226 g/mol. The van der Waals surface area contributed by atoms with Crippen molar-refractivity contribution in [2.75, 3.05) is 7.11 Å². The number of methoxy groups -OCH3 is 1. The van der Waals surface area contributed by atoms with Gasteiger partial charge in [0.2, 0.25) is 0 Å². The van der Waals surface area contributed by atoms with Crippen molar-refractivity contribution in [1.29, 1.82) is 0 Å². The number of hydrogen-bond donors (Lipinski definition) is 1. The SMILES string of the molecule is COc1ccc([C@]2(O)CCc3ncccc32)cc1. The Kier molecular flexibility index (Phi) is 2.56. The van der Waals surface area contributed by atoms with Gasteiger partial charge in [0.05, 0.1) is 7.11 Å². The van der Waals surface area contributed by atoms with E-state index in [2.05, 4.69) is 4.98 Å². The van der Waals surface area contributed by atoms with E-state index in [9.17, 15) is 5.11 Å². The quantitative estimate of drug-likeness (QED) is 0.877. The van der Waals surface area contributed by atoms with Crippen LogP contribution in [-0.2, 0) is 12.0 Å². The van der Waals surface area contributed by atoms with Crippen molar-refractivity contribution in [1.82, 2.24) is 4.98 Å². The molecule has 0 bridgehead atoms. The highest BCUT2D eigenvalue weighted by Crippen LogP contribution is 2.41. The molecule has 3 heteroatoms. The first-order valence-electron chi connectivity index (χ1n) is 6.05. The van der Waals surface area contributed by atoms with E-state index in [4.69, 9.17) is 4.74 Å². The summed E-state index contributed by atoms with van der Waals surface area (Å²) in [7, 11) is 1.64. The van der Waals surface area contributed by atoms with Crippen LogP contribution in [-0.4, -0.2) is 17.2 Å². The van der Waals surface area contributed by atoms with Crippen LogP contribution in [0.3, 0.4) is 0 Å². The van der Waals surface area contributed by atoms with Crippen LogP contribution in [0.2, 0.25) is 0 Å². The normalized spacial score (nSPS) is 21.7. The lowest BCUT2D eigenvalue weighted by atomic mass is 9.88. The molecule has 1 heterocycles. The molecule has 0 radical (unpaired) electrons. The molecule has 18 heavy (non-hydrogen) atoms. The van der Waals surface area contributed by atoms with Gasteiger partial charge in [-0.1, -0.05) is 18.2 Å². The zero-order chi connectivity index (χ0) is 12.6. The van der Waals surface area contributed by atoms with E-state index in [0.717, 1.165) is 29.0 Å². The van der Waals surface area contributed by atoms with E-state index in [1.807, 2.05) is 36.4 Å². The number of ether oxygens (including phenoxy) is 1. The number of hydrogen-bond acceptors (Lipinski definition) is 3. The van der Waals surface area contributed by atoms with Crippen molar-refractivity contribution in [3.8, 4) is 5.75 Å². The second-order valence-corrected chi connectivity index (χ2v) is 4.59. The molecule has 0 aliphatic heterocycles. The van der Waals surface area contributed by atoms with Crippen LogP contribution >= 0.6 is 0 Å². The molecular formula is C15H15NO2. The van der Waals surface area contributed by atoms with Crippen molar-refractivity contribution >= 4 is 0 Å². The minimum Gasteiger partial charge on any atom is -0.497 e. The first-order valence-corrected chi connectivity index (χ1v) is 6.05. The third-order valence-corrected chi connectivity index (χ3v) is 3.63. The Morgan fingerprint density at radius 1 is 1.22 bits per heavy atom. The van der Waals surface area contributed by atoms with Crippen LogP contribution < -0.4 is 4.74 Å².